The minimum Gasteiger partial charge on any atom is -0.496 e. The van der Waals surface area contributed by atoms with Gasteiger partial charge in [0.05, 0.1) is 16.9 Å². The van der Waals surface area contributed by atoms with Crippen molar-refractivity contribution in [3.63, 3.8) is 0 Å². The summed E-state index contributed by atoms with van der Waals surface area (Å²) < 4.78 is 8.48. The molecule has 32 heavy (non-hydrogen) atoms. The third kappa shape index (κ3) is 4.66. The number of carbonyl (C=O) groups is 1. The summed E-state index contributed by atoms with van der Waals surface area (Å²) in [5.74, 6) is 0.363. The third-order valence-electron chi connectivity index (χ3n) is 5.31. The minimum absolute atomic E-state index is 0.293. The first-order chi connectivity index (χ1) is 15.5. The summed E-state index contributed by atoms with van der Waals surface area (Å²) >= 11 is 8.20. The highest BCUT2D eigenvalue weighted by Gasteiger charge is 2.13. The van der Waals surface area contributed by atoms with Crippen LogP contribution in [0.25, 0.3) is 10.9 Å². The second kappa shape index (κ2) is 9.75. The number of amides is 1. The lowest BCUT2D eigenvalue weighted by Gasteiger charge is -2.09. The molecule has 0 bridgehead atoms. The van der Waals surface area contributed by atoms with Crippen LogP contribution >= 0.6 is 34.2 Å². The van der Waals surface area contributed by atoms with Crippen molar-refractivity contribution < 1.29 is 9.53 Å². The molecule has 0 aliphatic carbocycles. The molecule has 1 aromatic heterocycles. The molecule has 0 spiro atoms. The molecule has 7 heteroatoms. The van der Waals surface area contributed by atoms with E-state index in [-0.39, 0.29) is 5.91 Å². The number of benzene rings is 3. The quantitative estimate of drug-likeness (QED) is 0.179. The number of hydrogen-bond donors (Lipinski definition) is 1. The molecule has 1 N–H and O–H groups in total. The summed E-state index contributed by atoms with van der Waals surface area (Å²) in [6, 6.07) is 21.3. The van der Waals surface area contributed by atoms with Crippen molar-refractivity contribution >= 4 is 57.2 Å². The predicted molar refractivity (Wildman–Crippen MR) is 138 cm³/mol. The van der Waals surface area contributed by atoms with E-state index < -0.39 is 0 Å². The van der Waals surface area contributed by atoms with Crippen molar-refractivity contribution in [2.45, 2.75) is 13.5 Å². The topological polar surface area (TPSA) is 55.6 Å². The molecule has 0 fully saturated rings. The van der Waals surface area contributed by atoms with Gasteiger partial charge >= 0.3 is 0 Å². The maximum atomic E-state index is 12.5. The van der Waals surface area contributed by atoms with E-state index in [1.165, 1.54) is 0 Å². The van der Waals surface area contributed by atoms with Crippen LogP contribution < -0.4 is 10.2 Å². The molecule has 0 unspecified atom stereocenters. The van der Waals surface area contributed by atoms with Crippen LogP contribution in [0.1, 0.15) is 27.2 Å². The van der Waals surface area contributed by atoms with Gasteiger partial charge in [-0.25, -0.2) is 5.43 Å². The monoisotopic (exact) mass is 557 g/mol. The lowest BCUT2D eigenvalue weighted by Crippen LogP contribution is -2.17. The van der Waals surface area contributed by atoms with Gasteiger partial charge in [0.25, 0.3) is 5.91 Å². The van der Waals surface area contributed by atoms with E-state index in [9.17, 15) is 4.79 Å². The van der Waals surface area contributed by atoms with Crippen molar-refractivity contribution in [2.75, 3.05) is 7.11 Å². The summed E-state index contributed by atoms with van der Waals surface area (Å²) in [4.78, 5) is 12.5. The normalized spacial score (nSPS) is 11.2. The highest BCUT2D eigenvalue weighted by atomic mass is 127. The molecule has 4 aromatic rings. The van der Waals surface area contributed by atoms with Crippen molar-refractivity contribution in [3.8, 4) is 5.75 Å². The maximum Gasteiger partial charge on any atom is 0.271 e. The maximum absolute atomic E-state index is 12.5. The van der Waals surface area contributed by atoms with Gasteiger partial charge in [-0.3, -0.25) is 4.79 Å². The van der Waals surface area contributed by atoms with E-state index in [2.05, 4.69) is 56.7 Å². The Kier molecular flexibility index (Phi) is 6.81. The van der Waals surface area contributed by atoms with E-state index >= 15 is 0 Å². The molecule has 0 aliphatic heterocycles. The fourth-order valence-corrected chi connectivity index (χ4v) is 4.30. The molecule has 3 aromatic carbocycles. The Labute approximate surface area is 205 Å². The Morgan fingerprint density at radius 2 is 1.91 bits per heavy atom. The Bertz CT molecular complexity index is 1310. The number of methoxy groups -OCH3 is 1. The number of aromatic nitrogens is 1. The smallest absolute Gasteiger partial charge is 0.271 e. The number of para-hydroxylation sites is 1. The lowest BCUT2D eigenvalue weighted by atomic mass is 10.1. The summed E-state index contributed by atoms with van der Waals surface area (Å²) in [6.45, 7) is 2.77. The Morgan fingerprint density at radius 3 is 2.66 bits per heavy atom. The molecule has 5 nitrogen and oxygen atoms in total. The molecule has 0 radical (unpaired) electrons. The van der Waals surface area contributed by atoms with Crippen LogP contribution in [-0.2, 0) is 6.54 Å². The lowest BCUT2D eigenvalue weighted by molar-refractivity contribution is 0.0954. The molecule has 1 amide bonds. The first-order valence-corrected chi connectivity index (χ1v) is 11.4. The van der Waals surface area contributed by atoms with Gasteiger partial charge in [0.15, 0.2) is 0 Å². The van der Waals surface area contributed by atoms with Crippen molar-refractivity contribution in [1.29, 1.82) is 0 Å². The predicted octanol–water partition coefficient (Wildman–Crippen LogP) is 6.03. The van der Waals surface area contributed by atoms with Crippen LogP contribution in [0.2, 0.25) is 5.02 Å². The van der Waals surface area contributed by atoms with E-state index in [0.29, 0.717) is 17.9 Å². The molecule has 0 atom stereocenters. The van der Waals surface area contributed by atoms with Crippen LogP contribution in [0.4, 0.5) is 0 Å². The van der Waals surface area contributed by atoms with Crippen LogP contribution in [0.15, 0.2) is 71.8 Å². The fourth-order valence-electron chi connectivity index (χ4n) is 3.62. The molecule has 1 heterocycles. The molecule has 0 saturated heterocycles. The average Bonchev–Trinajstić information content (AvgIpc) is 3.06. The average molecular weight is 558 g/mol. The SMILES string of the molecule is COc1cc(C(=O)N/N=C\c2c(C)n(Cc3ccc(Cl)cc3)c3ccccc23)ccc1I. The standard InChI is InChI=1S/C25H21ClIN3O2/c1-16-21(14-28-29-25(31)18-9-12-22(27)24(13-18)32-2)20-5-3-4-6-23(20)30(16)15-17-7-10-19(26)11-8-17/h3-14H,15H2,1-2H3,(H,29,31)/b28-14-. The van der Waals surface area contributed by atoms with Gasteiger partial charge in [-0.05, 0) is 71.5 Å². The Hall–Kier alpha value is -2.84. The molecule has 4 rings (SSSR count). The molecular weight excluding hydrogens is 537 g/mol. The van der Waals surface area contributed by atoms with Crippen LogP contribution in [0, 0.1) is 10.5 Å². The van der Waals surface area contributed by atoms with Gasteiger partial charge in [0.1, 0.15) is 5.75 Å². The second-order valence-corrected chi connectivity index (χ2v) is 8.88. The van der Waals surface area contributed by atoms with E-state index in [4.69, 9.17) is 16.3 Å². The number of hydrogen-bond acceptors (Lipinski definition) is 3. The van der Waals surface area contributed by atoms with Crippen molar-refractivity contribution in [1.82, 2.24) is 9.99 Å². The largest absolute Gasteiger partial charge is 0.496 e. The highest BCUT2D eigenvalue weighted by molar-refractivity contribution is 14.1. The zero-order valence-electron chi connectivity index (χ0n) is 17.6. The second-order valence-electron chi connectivity index (χ2n) is 7.28. The van der Waals surface area contributed by atoms with Crippen molar-refractivity contribution in [3.05, 3.63) is 97.7 Å². The summed E-state index contributed by atoms with van der Waals surface area (Å²) in [7, 11) is 1.58. The summed E-state index contributed by atoms with van der Waals surface area (Å²) in [5, 5.41) is 6.04. The van der Waals surface area contributed by atoms with E-state index in [1.807, 2.05) is 42.5 Å². The molecular formula is C25H21ClIN3O2. The molecule has 162 valence electrons. The number of hydrazone groups is 1. The van der Waals surface area contributed by atoms with Gasteiger partial charge in [0.2, 0.25) is 0 Å². The zero-order chi connectivity index (χ0) is 22.7. The first kappa shape index (κ1) is 22.4. The van der Waals surface area contributed by atoms with E-state index in [1.54, 1.807) is 25.5 Å². The minimum atomic E-state index is -0.293. The van der Waals surface area contributed by atoms with Crippen LogP contribution in [0.3, 0.4) is 0 Å². The first-order valence-electron chi connectivity index (χ1n) is 9.97. The number of nitrogens with one attached hydrogen (secondary N) is 1. The van der Waals surface area contributed by atoms with Gasteiger partial charge < -0.3 is 9.30 Å². The Morgan fingerprint density at radius 1 is 1.16 bits per heavy atom. The van der Waals surface area contributed by atoms with E-state index in [0.717, 1.165) is 36.3 Å². The molecule has 0 aliphatic rings. The van der Waals surface area contributed by atoms with Crippen molar-refractivity contribution in [2.24, 2.45) is 5.10 Å². The van der Waals surface area contributed by atoms with Gasteiger partial charge in [-0.1, -0.05) is 41.9 Å². The van der Waals surface area contributed by atoms with Gasteiger partial charge in [0, 0.05) is 39.3 Å². The fraction of sp³-hybridized carbons (Fsp3) is 0.120. The number of fused-ring (bicyclic) bond motifs is 1. The highest BCUT2D eigenvalue weighted by Crippen LogP contribution is 2.26. The number of rotatable bonds is 6. The van der Waals surface area contributed by atoms with Gasteiger partial charge in [-0.15, -0.1) is 0 Å². The number of ether oxygens (including phenoxy) is 1. The van der Waals surface area contributed by atoms with Gasteiger partial charge in [-0.2, -0.15) is 5.10 Å². The Balaban J connectivity index is 1.60. The van der Waals surface area contributed by atoms with Crippen LogP contribution in [0.5, 0.6) is 5.75 Å². The number of halogens is 2. The third-order valence-corrected chi connectivity index (χ3v) is 6.45. The number of nitrogens with zero attached hydrogens (tertiary/aromatic N) is 2. The number of carbonyl (C=O) groups excluding carboxylic acids is 1. The molecule has 0 saturated carbocycles. The summed E-state index contributed by atoms with van der Waals surface area (Å²) in [5.41, 5.74) is 7.41. The summed E-state index contributed by atoms with van der Waals surface area (Å²) in [6.07, 6.45) is 1.71. The van der Waals surface area contributed by atoms with Crippen LogP contribution in [-0.4, -0.2) is 23.8 Å². The zero-order valence-corrected chi connectivity index (χ0v) is 20.5.